The maximum atomic E-state index is 12.0. The number of esters is 1. The molecular weight excluding hydrogens is 346 g/mol. The van der Waals surface area contributed by atoms with Crippen molar-refractivity contribution in [3.05, 3.63) is 64.1 Å². The summed E-state index contributed by atoms with van der Waals surface area (Å²) in [6.45, 7) is 3.48. The number of anilines is 1. The zero-order valence-electron chi connectivity index (χ0n) is 12.3. The first-order chi connectivity index (χ1) is 10.5. The lowest BCUT2D eigenvalue weighted by Gasteiger charge is -2.14. The normalized spacial score (nSPS) is 11.6. The third kappa shape index (κ3) is 4.43. The topological polar surface area (TPSA) is 55.4 Å². The van der Waals surface area contributed by atoms with Gasteiger partial charge in [0.15, 0.2) is 6.10 Å². The molecule has 0 saturated carbocycles. The van der Waals surface area contributed by atoms with Crippen LogP contribution >= 0.6 is 15.9 Å². The Labute approximate surface area is 137 Å². The van der Waals surface area contributed by atoms with Crippen LogP contribution < -0.4 is 5.32 Å². The van der Waals surface area contributed by atoms with Gasteiger partial charge in [0, 0.05) is 10.2 Å². The summed E-state index contributed by atoms with van der Waals surface area (Å²) in [7, 11) is 0. The first kappa shape index (κ1) is 16.2. The lowest BCUT2D eigenvalue weighted by molar-refractivity contribution is -0.123. The summed E-state index contributed by atoms with van der Waals surface area (Å²) in [6.07, 6.45) is -0.878. The van der Waals surface area contributed by atoms with Gasteiger partial charge in [-0.1, -0.05) is 28.1 Å². The molecule has 0 bridgehead atoms. The monoisotopic (exact) mass is 361 g/mol. The third-order valence-electron chi connectivity index (χ3n) is 3.02. The highest BCUT2D eigenvalue weighted by Gasteiger charge is 2.19. The van der Waals surface area contributed by atoms with Crippen LogP contribution in [0.5, 0.6) is 0 Å². The van der Waals surface area contributed by atoms with Gasteiger partial charge < -0.3 is 10.1 Å². The molecule has 1 atom stereocenters. The average Bonchev–Trinajstić information content (AvgIpc) is 2.47. The third-order valence-corrected chi connectivity index (χ3v) is 3.55. The maximum Gasteiger partial charge on any atom is 0.338 e. The van der Waals surface area contributed by atoms with E-state index in [0.29, 0.717) is 11.3 Å². The molecule has 0 aliphatic heterocycles. The molecular formula is C17H16BrNO3. The Morgan fingerprint density at radius 3 is 2.45 bits per heavy atom. The van der Waals surface area contributed by atoms with E-state index in [9.17, 15) is 9.59 Å². The zero-order valence-corrected chi connectivity index (χ0v) is 13.9. The van der Waals surface area contributed by atoms with E-state index in [1.807, 2.05) is 25.1 Å². The van der Waals surface area contributed by atoms with Crippen LogP contribution in [0.3, 0.4) is 0 Å². The largest absolute Gasteiger partial charge is 0.449 e. The van der Waals surface area contributed by atoms with E-state index in [-0.39, 0.29) is 5.91 Å². The molecule has 0 fully saturated rings. The summed E-state index contributed by atoms with van der Waals surface area (Å²) in [4.78, 5) is 24.0. The molecule has 1 amide bonds. The molecule has 0 aliphatic carbocycles. The lowest BCUT2D eigenvalue weighted by Crippen LogP contribution is -2.30. The number of carbonyl (C=O) groups is 2. The van der Waals surface area contributed by atoms with Crippen LogP contribution in [0.15, 0.2) is 53.0 Å². The number of halogens is 1. The molecule has 22 heavy (non-hydrogen) atoms. The molecule has 0 heterocycles. The van der Waals surface area contributed by atoms with Crippen molar-refractivity contribution >= 4 is 33.5 Å². The predicted octanol–water partition coefficient (Wildman–Crippen LogP) is 3.94. The van der Waals surface area contributed by atoms with Gasteiger partial charge in [-0.25, -0.2) is 4.79 Å². The van der Waals surface area contributed by atoms with E-state index in [4.69, 9.17) is 4.74 Å². The number of rotatable bonds is 4. The highest BCUT2D eigenvalue weighted by molar-refractivity contribution is 9.10. The van der Waals surface area contributed by atoms with Crippen molar-refractivity contribution in [2.75, 3.05) is 5.32 Å². The minimum absolute atomic E-state index is 0.365. The standard InChI is InChI=1S/C17H16BrNO3/c1-11-4-3-5-15(10-11)19-16(20)12(2)22-17(21)13-6-8-14(18)9-7-13/h3-10,12H,1-2H3,(H,19,20)/t12-/m1/s1. The summed E-state index contributed by atoms with van der Waals surface area (Å²) >= 11 is 3.30. The van der Waals surface area contributed by atoms with Crippen molar-refractivity contribution < 1.29 is 14.3 Å². The minimum atomic E-state index is -0.878. The molecule has 0 saturated heterocycles. The fourth-order valence-electron chi connectivity index (χ4n) is 1.83. The lowest BCUT2D eigenvalue weighted by atomic mass is 10.2. The van der Waals surface area contributed by atoms with Gasteiger partial charge in [-0.2, -0.15) is 0 Å². The minimum Gasteiger partial charge on any atom is -0.449 e. The number of aryl methyl sites for hydroxylation is 1. The summed E-state index contributed by atoms with van der Waals surface area (Å²) in [6, 6.07) is 14.2. The van der Waals surface area contributed by atoms with Crippen molar-refractivity contribution in [3.8, 4) is 0 Å². The number of hydrogen-bond acceptors (Lipinski definition) is 3. The Morgan fingerprint density at radius 1 is 1.14 bits per heavy atom. The molecule has 2 rings (SSSR count). The van der Waals surface area contributed by atoms with Crippen LogP contribution in [0.4, 0.5) is 5.69 Å². The molecule has 2 aromatic rings. The van der Waals surface area contributed by atoms with Crippen LogP contribution in [0, 0.1) is 6.92 Å². The SMILES string of the molecule is Cc1cccc(NC(=O)[C@@H](C)OC(=O)c2ccc(Br)cc2)c1. The summed E-state index contributed by atoms with van der Waals surface area (Å²) < 4.78 is 6.04. The zero-order chi connectivity index (χ0) is 16.1. The molecule has 0 spiro atoms. The first-order valence-corrected chi connectivity index (χ1v) is 7.59. The van der Waals surface area contributed by atoms with Crippen molar-refractivity contribution in [1.82, 2.24) is 0 Å². The molecule has 0 radical (unpaired) electrons. The van der Waals surface area contributed by atoms with Gasteiger partial charge in [0.1, 0.15) is 0 Å². The highest BCUT2D eigenvalue weighted by atomic mass is 79.9. The molecule has 4 nitrogen and oxygen atoms in total. The van der Waals surface area contributed by atoms with Gasteiger partial charge in [0.05, 0.1) is 5.56 Å². The molecule has 2 aromatic carbocycles. The average molecular weight is 362 g/mol. The van der Waals surface area contributed by atoms with E-state index in [1.165, 1.54) is 0 Å². The molecule has 0 aliphatic rings. The molecule has 5 heteroatoms. The molecule has 1 N–H and O–H groups in total. The van der Waals surface area contributed by atoms with E-state index in [2.05, 4.69) is 21.2 Å². The van der Waals surface area contributed by atoms with Gasteiger partial charge in [0.25, 0.3) is 5.91 Å². The van der Waals surface area contributed by atoms with Crippen molar-refractivity contribution in [2.45, 2.75) is 20.0 Å². The highest BCUT2D eigenvalue weighted by Crippen LogP contribution is 2.13. The van der Waals surface area contributed by atoms with Gasteiger partial charge in [-0.3, -0.25) is 4.79 Å². The first-order valence-electron chi connectivity index (χ1n) is 6.80. The Morgan fingerprint density at radius 2 is 1.82 bits per heavy atom. The Bertz CT molecular complexity index is 683. The summed E-state index contributed by atoms with van der Waals surface area (Å²) in [5.74, 6) is -0.893. The van der Waals surface area contributed by atoms with Crippen LogP contribution in [0.2, 0.25) is 0 Å². The van der Waals surface area contributed by atoms with Crippen LogP contribution in [-0.2, 0) is 9.53 Å². The van der Waals surface area contributed by atoms with Crippen LogP contribution in [-0.4, -0.2) is 18.0 Å². The number of carbonyl (C=O) groups excluding carboxylic acids is 2. The number of amides is 1. The number of ether oxygens (including phenoxy) is 1. The van der Waals surface area contributed by atoms with Gasteiger partial charge in [-0.05, 0) is 55.8 Å². The van der Waals surface area contributed by atoms with Crippen LogP contribution in [0.1, 0.15) is 22.8 Å². The Kier molecular flexibility index (Phi) is 5.33. The van der Waals surface area contributed by atoms with Crippen molar-refractivity contribution in [3.63, 3.8) is 0 Å². The van der Waals surface area contributed by atoms with Gasteiger partial charge >= 0.3 is 5.97 Å². The Hall–Kier alpha value is -2.14. The molecule has 0 aromatic heterocycles. The summed E-state index contributed by atoms with van der Waals surface area (Å²) in [5.41, 5.74) is 2.12. The number of nitrogens with one attached hydrogen (secondary N) is 1. The van der Waals surface area contributed by atoms with Crippen molar-refractivity contribution in [2.24, 2.45) is 0 Å². The van der Waals surface area contributed by atoms with E-state index in [0.717, 1.165) is 10.0 Å². The summed E-state index contributed by atoms with van der Waals surface area (Å²) in [5, 5.41) is 2.72. The second-order valence-corrected chi connectivity index (χ2v) is 5.83. The van der Waals surface area contributed by atoms with Gasteiger partial charge in [-0.15, -0.1) is 0 Å². The van der Waals surface area contributed by atoms with E-state index < -0.39 is 12.1 Å². The van der Waals surface area contributed by atoms with Crippen molar-refractivity contribution in [1.29, 1.82) is 0 Å². The smallest absolute Gasteiger partial charge is 0.338 e. The van der Waals surface area contributed by atoms with Gasteiger partial charge in [0.2, 0.25) is 0 Å². The quantitative estimate of drug-likeness (QED) is 0.839. The fraction of sp³-hybridized carbons (Fsp3) is 0.176. The van der Waals surface area contributed by atoms with E-state index >= 15 is 0 Å². The second kappa shape index (κ2) is 7.22. The fourth-order valence-corrected chi connectivity index (χ4v) is 2.10. The molecule has 114 valence electrons. The van der Waals surface area contributed by atoms with Crippen LogP contribution in [0.25, 0.3) is 0 Å². The maximum absolute atomic E-state index is 12.0. The number of hydrogen-bond donors (Lipinski definition) is 1. The second-order valence-electron chi connectivity index (χ2n) is 4.91. The molecule has 0 unspecified atom stereocenters. The van der Waals surface area contributed by atoms with E-state index in [1.54, 1.807) is 37.3 Å². The Balaban J connectivity index is 1.96. The predicted molar refractivity (Wildman–Crippen MR) is 88.8 cm³/mol. The number of benzene rings is 2.